The van der Waals surface area contributed by atoms with Gasteiger partial charge in [0, 0.05) is 18.8 Å². The first kappa shape index (κ1) is 19.6. The van der Waals surface area contributed by atoms with Gasteiger partial charge in [0.2, 0.25) is 0 Å². The van der Waals surface area contributed by atoms with Crippen LogP contribution in [0.25, 0.3) is 0 Å². The summed E-state index contributed by atoms with van der Waals surface area (Å²) in [4.78, 5) is 11.1. The highest BCUT2D eigenvalue weighted by Gasteiger charge is 2.39. The highest BCUT2D eigenvalue weighted by atomic mass is 16.5. The van der Waals surface area contributed by atoms with Crippen molar-refractivity contribution in [2.75, 3.05) is 7.11 Å². The van der Waals surface area contributed by atoms with Gasteiger partial charge in [-0.05, 0) is 31.6 Å². The number of carbonyl (C=O) groups excluding carboxylic acids is 1. The first-order valence-corrected chi connectivity index (χ1v) is 9.74. The van der Waals surface area contributed by atoms with Crippen molar-refractivity contribution >= 4 is 5.97 Å². The summed E-state index contributed by atoms with van der Waals surface area (Å²) in [5.74, 6) is -1.04. The number of aliphatic hydroxyl groups is 3. The molecule has 0 spiro atoms. The molecular formula is C21H36O5. The normalized spacial score (nSPS) is 29.3. The van der Waals surface area contributed by atoms with E-state index in [9.17, 15) is 20.1 Å². The van der Waals surface area contributed by atoms with Crippen LogP contribution in [0.1, 0.15) is 67.5 Å². The van der Waals surface area contributed by atoms with Gasteiger partial charge in [-0.2, -0.15) is 0 Å². The molecule has 1 aliphatic carbocycles. The Labute approximate surface area is 160 Å². The molecule has 0 aromatic heterocycles. The third-order valence-electron chi connectivity index (χ3n) is 4.95. The minimum absolute atomic E-state index is 0.116. The van der Waals surface area contributed by atoms with Crippen LogP contribution in [0.4, 0.5) is 0 Å². The Morgan fingerprint density at radius 1 is 1.27 bits per heavy atom. The van der Waals surface area contributed by atoms with E-state index in [1.165, 1.54) is 7.11 Å². The Morgan fingerprint density at radius 2 is 2.04 bits per heavy atom. The molecular weight excluding hydrogens is 332 g/mol. The summed E-state index contributed by atoms with van der Waals surface area (Å²) in [7, 11) is 1.32. The summed E-state index contributed by atoms with van der Waals surface area (Å²) in [5, 5.41) is 30.6. The number of hydrogen-bond donors (Lipinski definition) is 3. The maximum absolute atomic E-state index is 11.1. The van der Waals surface area contributed by atoms with E-state index in [2.05, 4.69) is 11.7 Å². The predicted molar refractivity (Wildman–Crippen MR) is 103 cm³/mol. The number of unbranched alkanes of at least 4 members (excludes halogenated alkanes) is 2. The van der Waals surface area contributed by atoms with Gasteiger partial charge in [0.25, 0.3) is 0 Å². The standard InChI is InChI=1S/C21H36O5/c1-3-4-7-10-16(22)13-14-18-17(19(23)15-20(18)24)11-8-5-6-9-12-21(25)26-2/h5,8,13-14,16-20,22-24H,3-4,6-7,9-12,15H2,1-2H3/b8-5-,14-13+/t16-,17+,18-,19+,20-/m1/s1/i5T,8T. The SMILES string of the molecule is [3H]/C(CCCC(=O)OC)=C(\[3H])C[C@H]1[C@@H](/C=C/[C@H](O)CCCCC)[C@H](O)C[C@@H]1O. The van der Waals surface area contributed by atoms with Crippen molar-refractivity contribution in [3.05, 3.63) is 24.3 Å². The van der Waals surface area contributed by atoms with E-state index in [0.717, 1.165) is 19.3 Å². The van der Waals surface area contributed by atoms with Crippen LogP contribution in [0.2, 0.25) is 0 Å². The van der Waals surface area contributed by atoms with Gasteiger partial charge in [0.15, 0.2) is 0 Å². The maximum Gasteiger partial charge on any atom is 0.305 e. The third kappa shape index (κ3) is 8.47. The molecule has 1 saturated carbocycles. The molecule has 3 N–H and O–H groups in total. The lowest BCUT2D eigenvalue weighted by atomic mass is 9.89. The Kier molecular flexibility index (Phi) is 9.84. The summed E-state index contributed by atoms with van der Waals surface area (Å²) in [5.41, 5.74) is 0. The Hall–Kier alpha value is -1.17. The molecule has 5 nitrogen and oxygen atoms in total. The van der Waals surface area contributed by atoms with Gasteiger partial charge in [-0.25, -0.2) is 0 Å². The van der Waals surface area contributed by atoms with E-state index in [-0.39, 0.29) is 49.2 Å². The van der Waals surface area contributed by atoms with Gasteiger partial charge in [-0.3, -0.25) is 4.79 Å². The van der Waals surface area contributed by atoms with Gasteiger partial charge in [0.1, 0.15) is 0 Å². The molecule has 1 fully saturated rings. The number of aliphatic hydroxyl groups excluding tert-OH is 3. The highest BCUT2D eigenvalue weighted by Crippen LogP contribution is 2.36. The van der Waals surface area contributed by atoms with Gasteiger partial charge >= 0.3 is 5.97 Å². The molecule has 0 saturated heterocycles. The lowest BCUT2D eigenvalue weighted by molar-refractivity contribution is -0.140. The molecule has 0 aromatic rings. The molecule has 0 aliphatic heterocycles. The number of ether oxygens (including phenoxy) is 1. The quantitative estimate of drug-likeness (QED) is 0.278. The van der Waals surface area contributed by atoms with E-state index in [4.69, 9.17) is 2.74 Å². The van der Waals surface area contributed by atoms with Crippen LogP contribution in [0, 0.1) is 11.8 Å². The van der Waals surface area contributed by atoms with E-state index >= 15 is 0 Å². The van der Waals surface area contributed by atoms with Crippen LogP contribution in [0.3, 0.4) is 0 Å². The summed E-state index contributed by atoms with van der Waals surface area (Å²) >= 11 is 0. The molecule has 0 aromatic carbocycles. The van der Waals surface area contributed by atoms with Crippen molar-refractivity contribution in [3.8, 4) is 0 Å². The van der Waals surface area contributed by atoms with Crippen molar-refractivity contribution in [3.63, 3.8) is 0 Å². The van der Waals surface area contributed by atoms with Crippen LogP contribution < -0.4 is 0 Å². The van der Waals surface area contributed by atoms with Gasteiger partial charge in [0.05, 0.1) is 28.2 Å². The molecule has 1 rings (SSSR count). The number of methoxy groups -OCH3 is 1. The molecule has 1 aliphatic rings. The van der Waals surface area contributed by atoms with Gasteiger partial charge in [-0.15, -0.1) is 0 Å². The minimum atomic E-state index is -0.745. The van der Waals surface area contributed by atoms with Crippen LogP contribution in [-0.4, -0.2) is 46.7 Å². The summed E-state index contributed by atoms with van der Waals surface area (Å²) in [6.07, 6.45) is 6.52. The fourth-order valence-electron chi connectivity index (χ4n) is 3.32. The molecule has 5 atom stereocenters. The van der Waals surface area contributed by atoms with Gasteiger partial charge in [-0.1, -0.05) is 50.4 Å². The molecule has 0 bridgehead atoms. The molecule has 150 valence electrons. The number of rotatable bonds is 12. The van der Waals surface area contributed by atoms with Crippen molar-refractivity contribution in [2.45, 2.75) is 83.0 Å². The minimum Gasteiger partial charge on any atom is -0.469 e. The van der Waals surface area contributed by atoms with Crippen LogP contribution in [0.5, 0.6) is 0 Å². The number of allylic oxidation sites excluding steroid dienone is 2. The molecule has 5 heteroatoms. The molecule has 0 unspecified atom stereocenters. The third-order valence-corrected chi connectivity index (χ3v) is 4.95. The van der Waals surface area contributed by atoms with E-state index in [0.29, 0.717) is 19.3 Å². The lowest BCUT2D eigenvalue weighted by Crippen LogP contribution is -2.20. The average Bonchev–Trinajstić information content (AvgIpc) is 2.92. The summed E-state index contributed by atoms with van der Waals surface area (Å²) < 4.78 is 20.8. The number of esters is 1. The first-order chi connectivity index (χ1) is 13.3. The van der Waals surface area contributed by atoms with Crippen molar-refractivity contribution in [2.24, 2.45) is 11.8 Å². The molecule has 0 heterocycles. The van der Waals surface area contributed by atoms with Crippen LogP contribution >= 0.6 is 0 Å². The van der Waals surface area contributed by atoms with Crippen molar-refractivity contribution < 1.29 is 27.6 Å². The van der Waals surface area contributed by atoms with Crippen molar-refractivity contribution in [1.29, 1.82) is 0 Å². The zero-order chi connectivity index (χ0) is 21.1. The average molecular weight is 373 g/mol. The largest absolute Gasteiger partial charge is 0.469 e. The Bertz CT molecular complexity index is 535. The summed E-state index contributed by atoms with van der Waals surface area (Å²) in [6, 6.07) is 0.254. The van der Waals surface area contributed by atoms with E-state index in [1.807, 2.05) is 0 Å². The fraction of sp³-hybridized carbons (Fsp3) is 0.762. The van der Waals surface area contributed by atoms with Crippen LogP contribution in [0.15, 0.2) is 24.3 Å². The predicted octanol–water partition coefficient (Wildman–Crippen LogP) is 3.13. The monoisotopic (exact) mass is 372 g/mol. The smallest absolute Gasteiger partial charge is 0.305 e. The second-order valence-electron chi connectivity index (χ2n) is 7.05. The molecule has 26 heavy (non-hydrogen) atoms. The second kappa shape index (κ2) is 13.1. The molecule has 0 radical (unpaired) electrons. The number of carbonyl (C=O) groups is 1. The fourth-order valence-corrected chi connectivity index (χ4v) is 3.32. The maximum atomic E-state index is 11.1. The highest BCUT2D eigenvalue weighted by molar-refractivity contribution is 5.69. The molecule has 0 amide bonds. The zero-order valence-electron chi connectivity index (χ0n) is 18.1. The van der Waals surface area contributed by atoms with Crippen molar-refractivity contribution in [1.82, 2.24) is 0 Å². The second-order valence-corrected chi connectivity index (χ2v) is 7.05. The van der Waals surface area contributed by atoms with E-state index < -0.39 is 18.3 Å². The van der Waals surface area contributed by atoms with Gasteiger partial charge < -0.3 is 20.1 Å². The number of hydrogen-bond acceptors (Lipinski definition) is 5. The Balaban J connectivity index is 2.66. The lowest BCUT2D eigenvalue weighted by Gasteiger charge is -2.19. The topological polar surface area (TPSA) is 87.0 Å². The van der Waals surface area contributed by atoms with Crippen LogP contribution in [-0.2, 0) is 9.53 Å². The zero-order valence-corrected chi connectivity index (χ0v) is 16.1. The Morgan fingerprint density at radius 3 is 2.73 bits per heavy atom. The first-order valence-electron chi connectivity index (χ1n) is 10.7. The summed E-state index contributed by atoms with van der Waals surface area (Å²) in [6.45, 7) is 2.10. The van der Waals surface area contributed by atoms with E-state index in [1.54, 1.807) is 12.2 Å².